The molecule has 1 rings (SSSR count). The van der Waals surface area contributed by atoms with Crippen LogP contribution in [0.1, 0.15) is 32.6 Å². The highest BCUT2D eigenvalue weighted by Crippen LogP contribution is 2.25. The fourth-order valence-corrected chi connectivity index (χ4v) is 2.44. The van der Waals surface area contributed by atoms with Crippen LogP contribution >= 0.6 is 0 Å². The van der Waals surface area contributed by atoms with Crippen molar-refractivity contribution in [3.63, 3.8) is 0 Å². The zero-order chi connectivity index (χ0) is 11.1. The molecule has 1 unspecified atom stereocenters. The molecule has 90 valence electrons. The van der Waals surface area contributed by atoms with Crippen LogP contribution < -0.4 is 5.32 Å². The number of aliphatic hydroxyl groups excluding tert-OH is 1. The van der Waals surface area contributed by atoms with Crippen LogP contribution in [0.25, 0.3) is 0 Å². The molecule has 0 amide bonds. The summed E-state index contributed by atoms with van der Waals surface area (Å²) in [5.41, 5.74) is 0. The van der Waals surface area contributed by atoms with Gasteiger partial charge in [-0.2, -0.15) is 0 Å². The molecule has 2 N–H and O–H groups in total. The van der Waals surface area contributed by atoms with E-state index >= 15 is 0 Å². The van der Waals surface area contributed by atoms with E-state index in [9.17, 15) is 5.11 Å². The monoisotopic (exact) mass is 214 g/mol. The molecule has 0 spiro atoms. The van der Waals surface area contributed by atoms with Crippen molar-refractivity contribution in [3.8, 4) is 0 Å². The summed E-state index contributed by atoms with van der Waals surface area (Å²) in [5, 5.41) is 12.9. The minimum absolute atomic E-state index is 0.226. The number of hydrogen-bond donors (Lipinski definition) is 2. The molecule has 0 aromatic rings. The van der Waals surface area contributed by atoms with Gasteiger partial charge in [-0.1, -0.05) is 19.8 Å². The SMILES string of the molecule is CCNCC(O)CN(C)CC1CCCC1. The minimum Gasteiger partial charge on any atom is -0.390 e. The van der Waals surface area contributed by atoms with E-state index in [1.54, 1.807) is 0 Å². The Bertz CT molecular complexity index is 158. The highest BCUT2D eigenvalue weighted by atomic mass is 16.3. The summed E-state index contributed by atoms with van der Waals surface area (Å²) in [4.78, 5) is 2.28. The summed E-state index contributed by atoms with van der Waals surface area (Å²) in [6, 6.07) is 0. The maximum Gasteiger partial charge on any atom is 0.0791 e. The Labute approximate surface area is 93.9 Å². The van der Waals surface area contributed by atoms with Gasteiger partial charge >= 0.3 is 0 Å². The van der Waals surface area contributed by atoms with Crippen LogP contribution in [0, 0.1) is 5.92 Å². The summed E-state index contributed by atoms with van der Waals surface area (Å²) in [6.07, 6.45) is 5.34. The van der Waals surface area contributed by atoms with Crippen LogP contribution in [0.3, 0.4) is 0 Å². The fraction of sp³-hybridized carbons (Fsp3) is 1.00. The maximum atomic E-state index is 9.72. The zero-order valence-corrected chi connectivity index (χ0v) is 10.2. The normalized spacial score (nSPS) is 20.0. The summed E-state index contributed by atoms with van der Waals surface area (Å²) >= 11 is 0. The second-order valence-corrected chi connectivity index (χ2v) is 4.83. The Morgan fingerprint density at radius 3 is 2.67 bits per heavy atom. The third-order valence-electron chi connectivity index (χ3n) is 3.20. The number of nitrogens with zero attached hydrogens (tertiary/aromatic N) is 1. The van der Waals surface area contributed by atoms with Crippen molar-refractivity contribution in [2.24, 2.45) is 5.92 Å². The molecule has 1 aliphatic carbocycles. The average molecular weight is 214 g/mol. The van der Waals surface area contributed by atoms with Crippen molar-refractivity contribution >= 4 is 0 Å². The van der Waals surface area contributed by atoms with E-state index in [4.69, 9.17) is 0 Å². The van der Waals surface area contributed by atoms with Gasteiger partial charge in [0.2, 0.25) is 0 Å². The summed E-state index contributed by atoms with van der Waals surface area (Å²) < 4.78 is 0. The molecule has 0 aromatic heterocycles. The fourth-order valence-electron chi connectivity index (χ4n) is 2.44. The summed E-state index contributed by atoms with van der Waals surface area (Å²) in [6.45, 7) is 5.66. The first-order valence-electron chi connectivity index (χ1n) is 6.29. The second kappa shape index (κ2) is 7.20. The lowest BCUT2D eigenvalue weighted by molar-refractivity contribution is 0.117. The van der Waals surface area contributed by atoms with E-state index in [0.29, 0.717) is 6.54 Å². The molecule has 3 nitrogen and oxygen atoms in total. The Morgan fingerprint density at radius 2 is 2.07 bits per heavy atom. The summed E-state index contributed by atoms with van der Waals surface area (Å²) in [5.74, 6) is 0.876. The highest BCUT2D eigenvalue weighted by molar-refractivity contribution is 4.72. The standard InChI is InChI=1S/C12H26N2O/c1-3-13-8-12(15)10-14(2)9-11-6-4-5-7-11/h11-13,15H,3-10H2,1-2H3. The number of aliphatic hydroxyl groups is 1. The van der Waals surface area contributed by atoms with Gasteiger partial charge in [0.05, 0.1) is 6.10 Å². The molecule has 1 aliphatic rings. The van der Waals surface area contributed by atoms with E-state index in [1.165, 1.54) is 25.7 Å². The molecule has 0 radical (unpaired) electrons. The molecule has 1 atom stereocenters. The molecule has 0 aliphatic heterocycles. The van der Waals surface area contributed by atoms with E-state index in [2.05, 4.69) is 24.2 Å². The largest absolute Gasteiger partial charge is 0.390 e. The highest BCUT2D eigenvalue weighted by Gasteiger charge is 2.17. The lowest BCUT2D eigenvalue weighted by atomic mass is 10.1. The predicted octanol–water partition coefficient (Wildman–Crippen LogP) is 1.08. The van der Waals surface area contributed by atoms with Crippen LogP contribution in [-0.4, -0.2) is 49.3 Å². The van der Waals surface area contributed by atoms with E-state index in [-0.39, 0.29) is 6.10 Å². The topological polar surface area (TPSA) is 35.5 Å². The molecule has 0 bridgehead atoms. The van der Waals surface area contributed by atoms with Crippen LogP contribution in [0.15, 0.2) is 0 Å². The van der Waals surface area contributed by atoms with Gasteiger partial charge in [0.15, 0.2) is 0 Å². The average Bonchev–Trinajstić information content (AvgIpc) is 2.67. The molecule has 3 heteroatoms. The number of rotatable bonds is 7. The van der Waals surface area contributed by atoms with E-state index in [0.717, 1.165) is 25.6 Å². The Balaban J connectivity index is 2.08. The van der Waals surface area contributed by atoms with Crippen molar-refractivity contribution in [2.45, 2.75) is 38.7 Å². The van der Waals surface area contributed by atoms with Gasteiger partial charge in [-0.3, -0.25) is 0 Å². The third-order valence-corrected chi connectivity index (χ3v) is 3.20. The Morgan fingerprint density at radius 1 is 1.40 bits per heavy atom. The molecule has 15 heavy (non-hydrogen) atoms. The molecule has 1 fully saturated rings. The lowest BCUT2D eigenvalue weighted by Gasteiger charge is -2.23. The molecular weight excluding hydrogens is 188 g/mol. The number of nitrogens with one attached hydrogen (secondary N) is 1. The first kappa shape index (κ1) is 12.9. The van der Waals surface area contributed by atoms with Crippen molar-refractivity contribution in [1.82, 2.24) is 10.2 Å². The summed E-state index contributed by atoms with van der Waals surface area (Å²) in [7, 11) is 2.12. The number of likely N-dealkylation sites (N-methyl/N-ethyl adjacent to an activating group) is 2. The van der Waals surface area contributed by atoms with Gasteiger partial charge in [-0.05, 0) is 32.4 Å². The van der Waals surface area contributed by atoms with Crippen molar-refractivity contribution in [3.05, 3.63) is 0 Å². The molecule has 0 saturated heterocycles. The van der Waals surface area contributed by atoms with Crippen molar-refractivity contribution < 1.29 is 5.11 Å². The minimum atomic E-state index is -0.226. The van der Waals surface area contributed by atoms with Crippen molar-refractivity contribution in [2.75, 3.05) is 33.2 Å². The smallest absolute Gasteiger partial charge is 0.0791 e. The lowest BCUT2D eigenvalue weighted by Crippen LogP contribution is -2.38. The van der Waals surface area contributed by atoms with Crippen LogP contribution in [-0.2, 0) is 0 Å². The van der Waals surface area contributed by atoms with Gasteiger partial charge in [0.1, 0.15) is 0 Å². The third kappa shape index (κ3) is 5.50. The zero-order valence-electron chi connectivity index (χ0n) is 10.2. The maximum absolute atomic E-state index is 9.72. The van der Waals surface area contributed by atoms with Gasteiger partial charge < -0.3 is 15.3 Å². The van der Waals surface area contributed by atoms with Gasteiger partial charge in [0, 0.05) is 19.6 Å². The molecular formula is C12H26N2O. The Hall–Kier alpha value is -0.120. The molecule has 0 aromatic carbocycles. The first-order chi connectivity index (χ1) is 7.22. The first-order valence-corrected chi connectivity index (χ1v) is 6.29. The van der Waals surface area contributed by atoms with Gasteiger partial charge in [-0.15, -0.1) is 0 Å². The Kier molecular flexibility index (Phi) is 6.22. The predicted molar refractivity (Wildman–Crippen MR) is 64.0 cm³/mol. The van der Waals surface area contributed by atoms with E-state index in [1.807, 2.05) is 0 Å². The van der Waals surface area contributed by atoms with Gasteiger partial charge in [0.25, 0.3) is 0 Å². The van der Waals surface area contributed by atoms with Crippen molar-refractivity contribution in [1.29, 1.82) is 0 Å². The molecule has 1 saturated carbocycles. The van der Waals surface area contributed by atoms with E-state index < -0.39 is 0 Å². The van der Waals surface area contributed by atoms with Gasteiger partial charge in [-0.25, -0.2) is 0 Å². The van der Waals surface area contributed by atoms with Crippen LogP contribution in [0.5, 0.6) is 0 Å². The second-order valence-electron chi connectivity index (χ2n) is 4.83. The van der Waals surface area contributed by atoms with Crippen LogP contribution in [0.2, 0.25) is 0 Å². The quantitative estimate of drug-likeness (QED) is 0.665. The van der Waals surface area contributed by atoms with Crippen LogP contribution in [0.4, 0.5) is 0 Å². The number of hydrogen-bond acceptors (Lipinski definition) is 3. The molecule has 0 heterocycles.